The molecule has 1 aromatic heterocycles. The van der Waals surface area contributed by atoms with Gasteiger partial charge in [-0.2, -0.15) is 0 Å². The Morgan fingerprint density at radius 1 is 1.27 bits per heavy atom. The van der Waals surface area contributed by atoms with Crippen molar-refractivity contribution in [2.75, 3.05) is 19.8 Å². The molecule has 176 valence electrons. The van der Waals surface area contributed by atoms with Gasteiger partial charge in [0, 0.05) is 35.2 Å². The predicted octanol–water partition coefficient (Wildman–Crippen LogP) is 3.34. The van der Waals surface area contributed by atoms with Gasteiger partial charge in [0.05, 0.1) is 30.0 Å². The second-order valence-corrected chi connectivity index (χ2v) is 9.03. The minimum atomic E-state index is -0.622. The standard InChI is InChI=1S/C24H26N2O4.C2H7N/c1-4-30-23(29)22-18(13-27)26-17-10-24(2,3)11-19(28)21(17)20(22)15-9-14-7-5-6-8-16(14)25-12-15;1-2-3/h5-9,12,20,26-27H,4,10-11,13H2,1-3H3;2-3H2,1H3. The van der Waals surface area contributed by atoms with Gasteiger partial charge < -0.3 is 20.9 Å². The van der Waals surface area contributed by atoms with Crippen LogP contribution in [0.2, 0.25) is 0 Å². The molecule has 33 heavy (non-hydrogen) atoms. The number of aliphatic hydroxyl groups excluding tert-OH is 1. The molecule has 0 saturated heterocycles. The number of nitrogens with one attached hydrogen (secondary N) is 1. The lowest BCUT2D eigenvalue weighted by atomic mass is 9.68. The van der Waals surface area contributed by atoms with Crippen molar-refractivity contribution < 1.29 is 19.4 Å². The zero-order valence-corrected chi connectivity index (χ0v) is 19.8. The zero-order chi connectivity index (χ0) is 24.2. The fourth-order valence-corrected chi connectivity index (χ4v) is 4.50. The number of ether oxygens (including phenoxy) is 1. The smallest absolute Gasteiger partial charge is 0.336 e. The molecule has 2 heterocycles. The van der Waals surface area contributed by atoms with Crippen molar-refractivity contribution in [2.24, 2.45) is 11.1 Å². The minimum Gasteiger partial charge on any atom is -0.463 e. The topological polar surface area (TPSA) is 115 Å². The number of aliphatic hydroxyl groups is 1. The van der Waals surface area contributed by atoms with Crippen molar-refractivity contribution >= 4 is 22.7 Å². The highest BCUT2D eigenvalue weighted by Gasteiger charge is 2.43. The molecule has 0 spiro atoms. The molecule has 1 aromatic carbocycles. The minimum absolute atomic E-state index is 0.00527. The van der Waals surface area contributed by atoms with Gasteiger partial charge in [-0.05, 0) is 43.0 Å². The number of dihydropyridines is 1. The van der Waals surface area contributed by atoms with Crippen molar-refractivity contribution in [3.63, 3.8) is 0 Å². The number of nitrogens with two attached hydrogens (primary N) is 1. The van der Waals surface area contributed by atoms with E-state index in [1.165, 1.54) is 0 Å². The summed E-state index contributed by atoms with van der Waals surface area (Å²) in [6.07, 6.45) is 2.77. The number of carbonyl (C=O) groups excluding carboxylic acids is 2. The summed E-state index contributed by atoms with van der Waals surface area (Å²) in [5, 5.41) is 14.2. The van der Waals surface area contributed by atoms with Crippen LogP contribution in [-0.4, -0.2) is 41.6 Å². The maximum Gasteiger partial charge on any atom is 0.336 e. The Labute approximate surface area is 194 Å². The third-order valence-corrected chi connectivity index (χ3v) is 5.72. The van der Waals surface area contributed by atoms with Crippen LogP contribution in [0.5, 0.6) is 0 Å². The normalized spacial score (nSPS) is 19.5. The van der Waals surface area contributed by atoms with Crippen LogP contribution in [0.25, 0.3) is 10.9 Å². The van der Waals surface area contributed by atoms with Gasteiger partial charge in [-0.3, -0.25) is 9.78 Å². The third-order valence-electron chi connectivity index (χ3n) is 5.72. The molecule has 4 N–H and O–H groups in total. The molecule has 0 radical (unpaired) electrons. The summed E-state index contributed by atoms with van der Waals surface area (Å²) in [5.74, 6) is -1.15. The quantitative estimate of drug-likeness (QED) is 0.611. The first kappa shape index (κ1) is 24.6. The van der Waals surface area contributed by atoms with Crippen molar-refractivity contribution in [1.29, 1.82) is 0 Å². The van der Waals surface area contributed by atoms with Gasteiger partial charge in [-0.15, -0.1) is 0 Å². The Balaban J connectivity index is 0.000000968. The number of esters is 1. The molecule has 2 aromatic rings. The number of benzene rings is 1. The fraction of sp³-hybridized carbons (Fsp3) is 0.423. The number of fused-ring (bicyclic) bond motifs is 1. The van der Waals surface area contributed by atoms with Crippen molar-refractivity contribution in [1.82, 2.24) is 10.3 Å². The highest BCUT2D eigenvalue weighted by Crippen LogP contribution is 2.46. The number of allylic oxidation sites excluding steroid dienone is 2. The van der Waals surface area contributed by atoms with Crippen LogP contribution in [0.3, 0.4) is 0 Å². The number of hydrogen-bond donors (Lipinski definition) is 3. The van der Waals surface area contributed by atoms with Gasteiger partial charge >= 0.3 is 5.97 Å². The van der Waals surface area contributed by atoms with E-state index >= 15 is 0 Å². The zero-order valence-electron chi connectivity index (χ0n) is 19.8. The molecule has 1 unspecified atom stereocenters. The first-order valence-electron chi connectivity index (χ1n) is 11.3. The summed E-state index contributed by atoms with van der Waals surface area (Å²) in [6, 6.07) is 9.68. The predicted molar refractivity (Wildman–Crippen MR) is 128 cm³/mol. The molecule has 0 saturated carbocycles. The molecular formula is C26H33N3O4. The van der Waals surface area contributed by atoms with Crippen LogP contribution >= 0.6 is 0 Å². The van der Waals surface area contributed by atoms with E-state index < -0.39 is 11.9 Å². The van der Waals surface area contributed by atoms with Gasteiger partial charge in [0.1, 0.15) is 0 Å². The van der Waals surface area contributed by atoms with Gasteiger partial charge in [0.2, 0.25) is 0 Å². The molecule has 0 bridgehead atoms. The monoisotopic (exact) mass is 451 g/mol. The lowest BCUT2D eigenvalue weighted by molar-refractivity contribution is -0.138. The molecule has 7 heteroatoms. The average Bonchev–Trinajstić information content (AvgIpc) is 2.77. The summed E-state index contributed by atoms with van der Waals surface area (Å²) in [4.78, 5) is 30.7. The molecule has 1 atom stereocenters. The van der Waals surface area contributed by atoms with E-state index in [1.807, 2.05) is 51.1 Å². The summed E-state index contributed by atoms with van der Waals surface area (Å²) in [7, 11) is 0. The lowest BCUT2D eigenvalue weighted by Gasteiger charge is -2.39. The number of nitrogens with zero attached hydrogens (tertiary/aromatic N) is 1. The van der Waals surface area contributed by atoms with Gasteiger partial charge in [0.15, 0.2) is 5.78 Å². The number of para-hydroxylation sites is 1. The number of aromatic nitrogens is 1. The summed E-state index contributed by atoms with van der Waals surface area (Å²) in [5.41, 5.74) is 8.24. The Bertz CT molecular complexity index is 1120. The van der Waals surface area contributed by atoms with Gasteiger partial charge in [-0.1, -0.05) is 39.0 Å². The van der Waals surface area contributed by atoms with Crippen LogP contribution in [0.15, 0.2) is 59.1 Å². The maximum atomic E-state index is 13.3. The van der Waals surface area contributed by atoms with Crippen LogP contribution in [0, 0.1) is 5.41 Å². The van der Waals surface area contributed by atoms with Crippen LogP contribution in [-0.2, 0) is 14.3 Å². The Kier molecular flexibility index (Phi) is 7.66. The summed E-state index contributed by atoms with van der Waals surface area (Å²) in [6.45, 7) is 8.34. The molecule has 1 aliphatic carbocycles. The Hall–Kier alpha value is -3.03. The Morgan fingerprint density at radius 2 is 1.97 bits per heavy atom. The van der Waals surface area contributed by atoms with E-state index in [9.17, 15) is 14.7 Å². The van der Waals surface area contributed by atoms with E-state index in [2.05, 4.69) is 10.3 Å². The first-order valence-corrected chi connectivity index (χ1v) is 11.3. The largest absolute Gasteiger partial charge is 0.463 e. The van der Waals surface area contributed by atoms with Crippen molar-refractivity contribution in [3.8, 4) is 0 Å². The summed E-state index contributed by atoms with van der Waals surface area (Å²) < 4.78 is 5.31. The number of Topliss-reactive ketones (excluding diaryl/α,β-unsaturated/α-hetero) is 1. The number of pyridine rings is 1. The van der Waals surface area contributed by atoms with E-state index in [1.54, 1.807) is 13.1 Å². The molecule has 2 aliphatic rings. The fourth-order valence-electron chi connectivity index (χ4n) is 4.50. The molecule has 1 aliphatic heterocycles. The summed E-state index contributed by atoms with van der Waals surface area (Å²) >= 11 is 0. The van der Waals surface area contributed by atoms with Crippen LogP contribution < -0.4 is 11.1 Å². The molecular weight excluding hydrogens is 418 g/mol. The van der Waals surface area contributed by atoms with E-state index in [0.29, 0.717) is 24.1 Å². The molecule has 0 amide bonds. The highest BCUT2D eigenvalue weighted by molar-refractivity contribution is 6.04. The third kappa shape index (κ3) is 5.15. The van der Waals surface area contributed by atoms with Crippen LogP contribution in [0.1, 0.15) is 52.0 Å². The molecule has 4 rings (SSSR count). The van der Waals surface area contributed by atoms with Gasteiger partial charge in [-0.25, -0.2) is 4.79 Å². The second-order valence-electron chi connectivity index (χ2n) is 9.03. The highest BCUT2D eigenvalue weighted by atomic mass is 16.5. The van der Waals surface area contributed by atoms with Crippen LogP contribution in [0.4, 0.5) is 0 Å². The maximum absolute atomic E-state index is 13.3. The molecule has 0 fully saturated rings. The van der Waals surface area contributed by atoms with Crippen molar-refractivity contribution in [3.05, 3.63) is 64.6 Å². The lowest BCUT2D eigenvalue weighted by Crippen LogP contribution is -2.40. The van der Waals surface area contributed by atoms with E-state index in [-0.39, 0.29) is 30.0 Å². The van der Waals surface area contributed by atoms with Crippen molar-refractivity contribution in [2.45, 2.75) is 46.5 Å². The Morgan fingerprint density at radius 3 is 2.64 bits per heavy atom. The first-order chi connectivity index (χ1) is 15.8. The number of hydrogen-bond acceptors (Lipinski definition) is 7. The number of rotatable bonds is 4. The van der Waals surface area contributed by atoms with Gasteiger partial charge in [0.25, 0.3) is 0 Å². The molecule has 7 nitrogen and oxygen atoms in total. The second kappa shape index (κ2) is 10.3. The van der Waals surface area contributed by atoms with E-state index in [0.717, 1.165) is 28.7 Å². The van der Waals surface area contributed by atoms with E-state index in [4.69, 9.17) is 10.5 Å². The number of carbonyl (C=O) groups is 2. The average molecular weight is 452 g/mol. The number of ketones is 1. The SMILES string of the molecule is CCN.CCOC(=O)C1=C(CO)NC2=C(C(=O)CC(C)(C)C2)C1c1cnc2ccccc2c1.